The zero-order valence-electron chi connectivity index (χ0n) is 35.8. The lowest BCUT2D eigenvalue weighted by Crippen LogP contribution is -2.45. The second-order valence-electron chi connectivity index (χ2n) is 16.5. The van der Waals surface area contributed by atoms with E-state index in [0.717, 1.165) is 44.9 Å². The van der Waals surface area contributed by atoms with Crippen LogP contribution in [0.5, 0.6) is 0 Å². The number of aliphatic hydroxyl groups excluding tert-OH is 2. The van der Waals surface area contributed by atoms with Gasteiger partial charge >= 0.3 is 5.97 Å². The highest BCUT2D eigenvalue weighted by Gasteiger charge is 2.20. The zero-order valence-corrected chi connectivity index (χ0v) is 35.8. The Labute approximate surface area is 330 Å². The molecule has 0 rings (SSSR count). The van der Waals surface area contributed by atoms with Crippen molar-refractivity contribution in [3.8, 4) is 0 Å². The van der Waals surface area contributed by atoms with Crippen LogP contribution < -0.4 is 5.32 Å². The molecule has 2 unspecified atom stereocenters. The summed E-state index contributed by atoms with van der Waals surface area (Å²) in [5.41, 5.74) is 0. The van der Waals surface area contributed by atoms with Crippen molar-refractivity contribution in [3.05, 3.63) is 0 Å². The van der Waals surface area contributed by atoms with E-state index in [1.807, 2.05) is 0 Å². The topological polar surface area (TPSA) is 95.9 Å². The Morgan fingerprint density at radius 3 is 1.15 bits per heavy atom. The predicted octanol–water partition coefficient (Wildman–Crippen LogP) is 13.6. The molecule has 0 saturated heterocycles. The number of nitrogens with one attached hydrogen (secondary N) is 1. The van der Waals surface area contributed by atoms with Crippen molar-refractivity contribution in [2.75, 3.05) is 13.2 Å². The number of rotatable bonds is 44. The standard InChI is InChI=1S/C47H93NO5/c1-3-5-7-9-11-13-20-25-29-33-37-41-47(52)53-42-38-34-30-26-22-19-17-15-14-16-18-21-24-28-32-36-40-46(51)48-44(43-49)45(50)39-35-31-27-23-12-10-8-6-4-2/h44-45,49-50H,3-43H2,1-2H3,(H,48,51). The Morgan fingerprint density at radius 1 is 0.453 bits per heavy atom. The summed E-state index contributed by atoms with van der Waals surface area (Å²) in [5.74, 6) is -0.0409. The third-order valence-corrected chi connectivity index (χ3v) is 11.2. The number of hydrogen-bond acceptors (Lipinski definition) is 5. The lowest BCUT2D eigenvalue weighted by molar-refractivity contribution is -0.143. The molecule has 0 aliphatic rings. The number of aliphatic hydroxyl groups is 2. The van der Waals surface area contributed by atoms with Crippen LogP contribution in [0, 0.1) is 0 Å². The number of amides is 1. The number of unbranched alkanes of at least 4 members (excludes halogenated alkanes) is 33. The van der Waals surface area contributed by atoms with Crippen LogP contribution in [0.4, 0.5) is 0 Å². The van der Waals surface area contributed by atoms with Gasteiger partial charge in [0.2, 0.25) is 5.91 Å². The normalized spacial score (nSPS) is 12.6. The molecule has 0 fully saturated rings. The van der Waals surface area contributed by atoms with E-state index in [2.05, 4.69) is 19.2 Å². The van der Waals surface area contributed by atoms with Gasteiger partial charge in [-0.3, -0.25) is 9.59 Å². The average molecular weight is 752 g/mol. The van der Waals surface area contributed by atoms with Gasteiger partial charge in [0.05, 0.1) is 25.4 Å². The summed E-state index contributed by atoms with van der Waals surface area (Å²) in [5, 5.41) is 23.0. The first kappa shape index (κ1) is 51.9. The Hall–Kier alpha value is -1.14. The van der Waals surface area contributed by atoms with Crippen molar-refractivity contribution in [2.45, 2.75) is 276 Å². The molecule has 53 heavy (non-hydrogen) atoms. The van der Waals surface area contributed by atoms with Gasteiger partial charge in [0.15, 0.2) is 0 Å². The van der Waals surface area contributed by atoms with E-state index >= 15 is 0 Å². The quantitative estimate of drug-likeness (QED) is 0.0425. The molecular weight excluding hydrogens is 659 g/mol. The number of esters is 1. The number of carbonyl (C=O) groups excluding carboxylic acids is 2. The first-order valence-corrected chi connectivity index (χ1v) is 23.8. The maximum atomic E-state index is 12.4. The smallest absolute Gasteiger partial charge is 0.305 e. The first-order chi connectivity index (χ1) is 26.0. The third-order valence-electron chi connectivity index (χ3n) is 11.2. The van der Waals surface area contributed by atoms with E-state index in [4.69, 9.17) is 4.74 Å². The summed E-state index contributed by atoms with van der Waals surface area (Å²) >= 11 is 0. The van der Waals surface area contributed by atoms with Gasteiger partial charge in [0.25, 0.3) is 0 Å². The Morgan fingerprint density at radius 2 is 0.774 bits per heavy atom. The molecule has 316 valence electrons. The molecule has 2 atom stereocenters. The van der Waals surface area contributed by atoms with E-state index in [-0.39, 0.29) is 18.5 Å². The van der Waals surface area contributed by atoms with Crippen molar-refractivity contribution < 1.29 is 24.5 Å². The SMILES string of the molecule is CCCCCCCCCCCCCC(=O)OCCCCCCCCCCCCCCCCCCC(=O)NC(CO)C(O)CCCCCCCCCCC. The molecule has 0 aliphatic heterocycles. The lowest BCUT2D eigenvalue weighted by Gasteiger charge is -2.22. The number of hydrogen-bond donors (Lipinski definition) is 3. The molecule has 0 bridgehead atoms. The van der Waals surface area contributed by atoms with Gasteiger partial charge in [-0.25, -0.2) is 0 Å². The molecule has 0 heterocycles. The second kappa shape index (κ2) is 43.6. The van der Waals surface area contributed by atoms with Gasteiger partial charge in [-0.2, -0.15) is 0 Å². The molecule has 0 radical (unpaired) electrons. The van der Waals surface area contributed by atoms with Crippen molar-refractivity contribution in [1.29, 1.82) is 0 Å². The summed E-state index contributed by atoms with van der Waals surface area (Å²) < 4.78 is 5.44. The van der Waals surface area contributed by atoms with Crippen molar-refractivity contribution in [2.24, 2.45) is 0 Å². The summed E-state index contributed by atoms with van der Waals surface area (Å²) in [6.07, 6.45) is 46.4. The van der Waals surface area contributed by atoms with Gasteiger partial charge in [-0.05, 0) is 25.7 Å². The average Bonchev–Trinajstić information content (AvgIpc) is 3.16. The van der Waals surface area contributed by atoms with Crippen LogP contribution in [0.2, 0.25) is 0 Å². The fourth-order valence-electron chi connectivity index (χ4n) is 7.46. The summed E-state index contributed by atoms with van der Waals surface area (Å²) in [6, 6.07) is -0.542. The molecule has 0 aromatic heterocycles. The van der Waals surface area contributed by atoms with Crippen molar-refractivity contribution in [3.63, 3.8) is 0 Å². The van der Waals surface area contributed by atoms with Crippen LogP contribution in [0.3, 0.4) is 0 Å². The van der Waals surface area contributed by atoms with E-state index in [0.29, 0.717) is 25.9 Å². The van der Waals surface area contributed by atoms with Gasteiger partial charge in [-0.15, -0.1) is 0 Å². The lowest BCUT2D eigenvalue weighted by atomic mass is 10.0. The summed E-state index contributed by atoms with van der Waals surface area (Å²) in [7, 11) is 0. The highest BCUT2D eigenvalue weighted by molar-refractivity contribution is 5.76. The number of carbonyl (C=O) groups is 2. The van der Waals surface area contributed by atoms with Gasteiger partial charge in [-0.1, -0.05) is 226 Å². The van der Waals surface area contributed by atoms with Gasteiger partial charge in [0, 0.05) is 12.8 Å². The van der Waals surface area contributed by atoms with Crippen LogP contribution in [0.25, 0.3) is 0 Å². The summed E-state index contributed by atoms with van der Waals surface area (Å²) in [6.45, 7) is 4.91. The van der Waals surface area contributed by atoms with Crippen LogP contribution in [-0.2, 0) is 14.3 Å². The third kappa shape index (κ3) is 40.3. The van der Waals surface area contributed by atoms with E-state index in [1.165, 1.54) is 186 Å². The van der Waals surface area contributed by atoms with Crippen molar-refractivity contribution in [1.82, 2.24) is 5.32 Å². The molecule has 0 saturated carbocycles. The van der Waals surface area contributed by atoms with Crippen molar-refractivity contribution >= 4 is 11.9 Å². The molecule has 6 heteroatoms. The van der Waals surface area contributed by atoms with Crippen LogP contribution >= 0.6 is 0 Å². The van der Waals surface area contributed by atoms with E-state index in [9.17, 15) is 19.8 Å². The summed E-state index contributed by atoms with van der Waals surface area (Å²) in [4.78, 5) is 24.3. The Bertz CT molecular complexity index is 746. The highest BCUT2D eigenvalue weighted by Crippen LogP contribution is 2.16. The van der Waals surface area contributed by atoms with Gasteiger partial charge in [0.1, 0.15) is 0 Å². The molecular formula is C47H93NO5. The largest absolute Gasteiger partial charge is 0.466 e. The Balaban J connectivity index is 3.39. The minimum atomic E-state index is -0.664. The number of ether oxygens (including phenoxy) is 1. The molecule has 0 aromatic rings. The monoisotopic (exact) mass is 752 g/mol. The van der Waals surface area contributed by atoms with Crippen LogP contribution in [0.15, 0.2) is 0 Å². The molecule has 3 N–H and O–H groups in total. The maximum Gasteiger partial charge on any atom is 0.305 e. The van der Waals surface area contributed by atoms with Gasteiger partial charge < -0.3 is 20.3 Å². The fraction of sp³-hybridized carbons (Fsp3) is 0.957. The zero-order chi connectivity index (χ0) is 38.7. The minimum absolute atomic E-state index is 0.00273. The molecule has 1 amide bonds. The minimum Gasteiger partial charge on any atom is -0.466 e. The highest BCUT2D eigenvalue weighted by atomic mass is 16.5. The van der Waals surface area contributed by atoms with E-state index in [1.54, 1.807) is 0 Å². The molecule has 0 aromatic carbocycles. The Kier molecular flexibility index (Phi) is 42.6. The maximum absolute atomic E-state index is 12.4. The molecule has 0 aliphatic carbocycles. The van der Waals surface area contributed by atoms with E-state index < -0.39 is 12.1 Å². The predicted molar refractivity (Wildman–Crippen MR) is 227 cm³/mol. The van der Waals surface area contributed by atoms with Crippen LogP contribution in [-0.4, -0.2) is 47.4 Å². The molecule has 0 spiro atoms. The van der Waals surface area contributed by atoms with Crippen LogP contribution in [0.1, 0.15) is 264 Å². The first-order valence-electron chi connectivity index (χ1n) is 23.8. The molecule has 6 nitrogen and oxygen atoms in total. The fourth-order valence-corrected chi connectivity index (χ4v) is 7.46. The second-order valence-corrected chi connectivity index (χ2v) is 16.5.